The molecule has 170 valence electrons. The first-order valence-corrected chi connectivity index (χ1v) is 11.5. The van der Waals surface area contributed by atoms with Gasteiger partial charge >= 0.3 is 0 Å². The minimum absolute atomic E-state index is 0.249. The van der Waals surface area contributed by atoms with E-state index < -0.39 is 0 Å². The van der Waals surface area contributed by atoms with Crippen LogP contribution in [0.5, 0.6) is 0 Å². The van der Waals surface area contributed by atoms with Gasteiger partial charge in [-0.25, -0.2) is 4.39 Å². The number of thioether (sulfide) groups is 1. The molecule has 4 aromatic rings. The number of nitrogens with one attached hydrogen (secondary N) is 2. The fourth-order valence-corrected chi connectivity index (χ4v) is 4.19. The number of anilines is 3. The van der Waals surface area contributed by atoms with Gasteiger partial charge in [-0.2, -0.15) is 20.1 Å². The summed E-state index contributed by atoms with van der Waals surface area (Å²) >= 11 is 1.48. The topological polar surface area (TPSA) is 99.0 Å². The Morgan fingerprint density at radius 2 is 1.91 bits per heavy atom. The zero-order valence-corrected chi connectivity index (χ0v) is 18.8. The lowest BCUT2D eigenvalue weighted by Gasteiger charge is -2.32. The van der Waals surface area contributed by atoms with Crippen molar-refractivity contribution in [3.63, 3.8) is 0 Å². The van der Waals surface area contributed by atoms with Crippen molar-refractivity contribution in [3.05, 3.63) is 60.1 Å². The van der Waals surface area contributed by atoms with Crippen molar-refractivity contribution in [2.75, 3.05) is 43.4 Å². The molecule has 0 spiro atoms. The Kier molecular flexibility index (Phi) is 6.22. The Balaban J connectivity index is 1.37. The maximum Gasteiger partial charge on any atom is 0.234 e. The summed E-state index contributed by atoms with van der Waals surface area (Å²) in [6.07, 6.45) is 1.61. The summed E-state index contributed by atoms with van der Waals surface area (Å²) < 4.78 is 18.6. The molecule has 0 unspecified atom stereocenters. The Morgan fingerprint density at radius 3 is 2.67 bits per heavy atom. The number of aromatic nitrogens is 5. The lowest BCUT2D eigenvalue weighted by atomic mass is 10.2. The number of benzene rings is 1. The fraction of sp³-hybridized carbons (Fsp3) is 0.273. The molecule has 0 aliphatic carbocycles. The lowest BCUT2D eigenvalue weighted by molar-refractivity contribution is 0.311. The molecule has 1 saturated heterocycles. The molecule has 1 aliphatic rings. The average molecular weight is 467 g/mol. The maximum atomic E-state index is 13.2. The third kappa shape index (κ3) is 5.32. The van der Waals surface area contributed by atoms with Gasteiger partial charge in [0.15, 0.2) is 16.7 Å². The van der Waals surface area contributed by atoms with Gasteiger partial charge in [0.2, 0.25) is 11.9 Å². The molecular formula is C22H23FN8OS. The number of piperazine rings is 1. The zero-order valence-electron chi connectivity index (χ0n) is 18.0. The highest BCUT2D eigenvalue weighted by atomic mass is 32.2. The summed E-state index contributed by atoms with van der Waals surface area (Å²) in [5.74, 6) is 2.69. The number of nitrogens with zero attached hydrogens (tertiary/aromatic N) is 6. The minimum atomic E-state index is -0.249. The molecule has 0 saturated carbocycles. The van der Waals surface area contributed by atoms with Gasteiger partial charge in [-0.15, -0.1) is 0 Å². The first kappa shape index (κ1) is 21.4. The number of likely N-dealkylation sites (N-methyl/N-ethyl adjacent to an activating group) is 1. The summed E-state index contributed by atoms with van der Waals surface area (Å²) in [5.41, 5.74) is 1.75. The molecule has 4 heterocycles. The quantitative estimate of drug-likeness (QED) is 0.394. The van der Waals surface area contributed by atoms with Crippen molar-refractivity contribution in [2.45, 2.75) is 10.9 Å². The lowest BCUT2D eigenvalue weighted by Crippen LogP contribution is -2.45. The molecule has 2 N–H and O–H groups in total. The second-order valence-corrected chi connectivity index (χ2v) is 8.66. The molecule has 1 fully saturated rings. The molecule has 5 rings (SSSR count). The minimum Gasteiger partial charge on any atom is -0.463 e. The van der Waals surface area contributed by atoms with Crippen molar-refractivity contribution in [2.24, 2.45) is 0 Å². The normalized spacial score (nSPS) is 14.5. The van der Waals surface area contributed by atoms with Gasteiger partial charge in [0.25, 0.3) is 0 Å². The Hall–Kier alpha value is -3.44. The number of hydrogen-bond donors (Lipinski definition) is 2. The van der Waals surface area contributed by atoms with E-state index in [2.05, 4.69) is 42.3 Å². The third-order valence-corrected chi connectivity index (χ3v) is 6.19. The summed E-state index contributed by atoms with van der Waals surface area (Å²) in [7, 11) is 2.11. The number of furan rings is 1. The third-order valence-electron chi connectivity index (χ3n) is 5.27. The van der Waals surface area contributed by atoms with E-state index in [0.29, 0.717) is 34.4 Å². The van der Waals surface area contributed by atoms with Gasteiger partial charge in [-0.05, 0) is 36.9 Å². The predicted octanol–water partition coefficient (Wildman–Crippen LogP) is 3.78. The Bertz CT molecular complexity index is 1190. The Labute approximate surface area is 194 Å². The average Bonchev–Trinajstić information content (AvgIpc) is 3.51. The summed E-state index contributed by atoms with van der Waals surface area (Å²) in [6.45, 7) is 3.57. The molecule has 3 aromatic heterocycles. The second kappa shape index (κ2) is 9.59. The van der Waals surface area contributed by atoms with Crippen molar-refractivity contribution in [3.8, 4) is 11.5 Å². The van der Waals surface area contributed by atoms with E-state index in [9.17, 15) is 4.39 Å². The molecule has 0 bridgehead atoms. The van der Waals surface area contributed by atoms with Crippen LogP contribution < -0.4 is 10.2 Å². The highest BCUT2D eigenvalue weighted by molar-refractivity contribution is 7.98. The predicted molar refractivity (Wildman–Crippen MR) is 125 cm³/mol. The molecule has 1 aromatic carbocycles. The van der Waals surface area contributed by atoms with Crippen molar-refractivity contribution < 1.29 is 8.81 Å². The first-order valence-electron chi connectivity index (χ1n) is 10.6. The summed E-state index contributed by atoms with van der Waals surface area (Å²) in [6, 6.07) is 12.0. The van der Waals surface area contributed by atoms with Crippen molar-refractivity contribution in [1.29, 1.82) is 0 Å². The van der Waals surface area contributed by atoms with Crippen LogP contribution in [0, 0.1) is 5.82 Å². The van der Waals surface area contributed by atoms with E-state index >= 15 is 0 Å². The molecular weight excluding hydrogens is 443 g/mol. The monoisotopic (exact) mass is 466 g/mol. The van der Waals surface area contributed by atoms with E-state index in [-0.39, 0.29) is 5.82 Å². The van der Waals surface area contributed by atoms with E-state index in [0.717, 1.165) is 37.4 Å². The largest absolute Gasteiger partial charge is 0.463 e. The second-order valence-electron chi connectivity index (χ2n) is 7.72. The van der Waals surface area contributed by atoms with E-state index in [4.69, 9.17) is 9.40 Å². The smallest absolute Gasteiger partial charge is 0.234 e. The van der Waals surface area contributed by atoms with Crippen LogP contribution in [0.4, 0.5) is 22.1 Å². The van der Waals surface area contributed by atoms with E-state index in [1.54, 1.807) is 18.4 Å². The number of aromatic amines is 1. The highest BCUT2D eigenvalue weighted by Gasteiger charge is 2.19. The fourth-order valence-electron chi connectivity index (χ4n) is 3.40. The van der Waals surface area contributed by atoms with Gasteiger partial charge in [0.1, 0.15) is 11.5 Å². The number of H-pyrrole nitrogens is 1. The molecule has 0 atom stereocenters. The van der Waals surface area contributed by atoms with E-state index in [1.165, 1.54) is 23.9 Å². The maximum absolute atomic E-state index is 13.2. The van der Waals surface area contributed by atoms with Gasteiger partial charge in [-0.1, -0.05) is 23.9 Å². The van der Waals surface area contributed by atoms with Gasteiger partial charge in [0, 0.05) is 38.0 Å². The van der Waals surface area contributed by atoms with Crippen molar-refractivity contribution in [1.82, 2.24) is 30.0 Å². The highest BCUT2D eigenvalue weighted by Crippen LogP contribution is 2.25. The molecule has 1 aliphatic heterocycles. The van der Waals surface area contributed by atoms with Crippen LogP contribution in [-0.4, -0.2) is 63.3 Å². The van der Waals surface area contributed by atoms with Crippen LogP contribution in [-0.2, 0) is 5.75 Å². The van der Waals surface area contributed by atoms with E-state index in [1.807, 2.05) is 18.2 Å². The first-order chi connectivity index (χ1) is 16.1. The molecule has 33 heavy (non-hydrogen) atoms. The van der Waals surface area contributed by atoms with Crippen LogP contribution in [0.15, 0.2) is 58.3 Å². The standard InChI is InChI=1S/C22H23FN8OS/c1-30-8-10-31(11-9-30)21-25-20(24-19-13-17(28-29-19)18-3-2-12-32-18)26-22(27-21)33-14-15-4-6-16(23)7-5-15/h2-7,12-13H,8-11,14H2,1H3,(H2,24,25,26,27,28,29). The van der Waals surface area contributed by atoms with Crippen molar-refractivity contribution >= 4 is 29.5 Å². The SMILES string of the molecule is CN1CCN(c2nc(Nc3cc(-c4ccco4)[nH]n3)nc(SCc3ccc(F)cc3)n2)CC1. The summed E-state index contributed by atoms with van der Waals surface area (Å²) in [5, 5.41) is 11.0. The number of rotatable bonds is 7. The van der Waals surface area contributed by atoms with Crippen LogP contribution in [0.3, 0.4) is 0 Å². The molecule has 0 radical (unpaired) electrons. The number of halogens is 1. The molecule has 9 nitrogen and oxygen atoms in total. The van der Waals surface area contributed by atoms with Crippen LogP contribution in [0.1, 0.15) is 5.56 Å². The zero-order chi connectivity index (χ0) is 22.6. The van der Waals surface area contributed by atoms with Gasteiger partial charge in [-0.3, -0.25) is 5.10 Å². The Morgan fingerprint density at radius 1 is 1.09 bits per heavy atom. The van der Waals surface area contributed by atoms with Gasteiger partial charge in [0.05, 0.1) is 6.26 Å². The number of hydrogen-bond acceptors (Lipinski definition) is 9. The van der Waals surface area contributed by atoms with Crippen LogP contribution in [0.25, 0.3) is 11.5 Å². The molecule has 11 heteroatoms. The van der Waals surface area contributed by atoms with Crippen LogP contribution in [0.2, 0.25) is 0 Å². The van der Waals surface area contributed by atoms with Gasteiger partial charge < -0.3 is 19.5 Å². The molecule has 0 amide bonds. The summed E-state index contributed by atoms with van der Waals surface area (Å²) in [4.78, 5) is 18.4. The van der Waals surface area contributed by atoms with Crippen LogP contribution >= 0.6 is 11.8 Å².